The second kappa shape index (κ2) is 8.63. The van der Waals surface area contributed by atoms with Crippen LogP contribution in [-0.2, 0) is 4.79 Å². The SMILES string of the molecule is C=CC(=O)N1CC2(CCN(c3cc(N4CC(N(C)C)C4)cc(-c4c(C)ccc5[nH]ncc45)c3C#N)C2)C1. The lowest BCUT2D eigenvalue weighted by atomic mass is 9.79. The number of nitrogens with zero attached hydrogens (tertiary/aromatic N) is 6. The first-order valence-corrected chi connectivity index (χ1v) is 12.9. The van der Waals surface area contributed by atoms with Gasteiger partial charge < -0.3 is 19.6 Å². The zero-order valence-electron chi connectivity index (χ0n) is 21.8. The van der Waals surface area contributed by atoms with Crippen LogP contribution in [0.4, 0.5) is 11.4 Å². The van der Waals surface area contributed by atoms with Gasteiger partial charge in [0.15, 0.2) is 0 Å². The number of hydrogen-bond donors (Lipinski definition) is 1. The average Bonchev–Trinajstić information content (AvgIpc) is 3.48. The monoisotopic (exact) mass is 495 g/mol. The van der Waals surface area contributed by atoms with Crippen molar-refractivity contribution in [1.82, 2.24) is 20.0 Å². The second-order valence-electron chi connectivity index (χ2n) is 11.2. The van der Waals surface area contributed by atoms with Gasteiger partial charge in [0.2, 0.25) is 5.91 Å². The van der Waals surface area contributed by atoms with E-state index in [0.717, 1.165) is 84.7 Å². The van der Waals surface area contributed by atoms with Crippen molar-refractivity contribution in [3.05, 3.63) is 54.2 Å². The van der Waals surface area contributed by atoms with Gasteiger partial charge in [0, 0.05) is 67.4 Å². The third-order valence-electron chi connectivity index (χ3n) is 8.59. The largest absolute Gasteiger partial charge is 0.370 e. The molecule has 3 saturated heterocycles. The number of benzene rings is 2. The molecule has 0 saturated carbocycles. The molecule has 0 bridgehead atoms. The Hall–Kier alpha value is -3.83. The highest BCUT2D eigenvalue weighted by molar-refractivity contribution is 5.99. The van der Waals surface area contributed by atoms with E-state index in [4.69, 9.17) is 0 Å². The number of nitriles is 1. The molecule has 6 rings (SSSR count). The highest BCUT2D eigenvalue weighted by Crippen LogP contribution is 2.46. The number of amides is 1. The fourth-order valence-corrected chi connectivity index (χ4v) is 6.28. The third kappa shape index (κ3) is 3.77. The van der Waals surface area contributed by atoms with Gasteiger partial charge in [-0.05, 0) is 62.8 Å². The van der Waals surface area contributed by atoms with Crippen molar-refractivity contribution in [1.29, 1.82) is 5.26 Å². The van der Waals surface area contributed by atoms with Crippen LogP contribution in [0.3, 0.4) is 0 Å². The molecule has 0 atom stereocenters. The van der Waals surface area contributed by atoms with Crippen molar-refractivity contribution < 1.29 is 4.79 Å². The zero-order chi connectivity index (χ0) is 25.9. The maximum absolute atomic E-state index is 12.1. The molecular formula is C29H33N7O. The minimum atomic E-state index is 0.00276. The summed E-state index contributed by atoms with van der Waals surface area (Å²) in [5.74, 6) is 0.00276. The molecule has 3 aliphatic rings. The molecule has 0 unspecified atom stereocenters. The number of fused-ring (bicyclic) bond motifs is 1. The van der Waals surface area contributed by atoms with E-state index in [1.807, 2.05) is 17.2 Å². The minimum Gasteiger partial charge on any atom is -0.370 e. The number of likely N-dealkylation sites (tertiary alicyclic amines) is 1. The van der Waals surface area contributed by atoms with Gasteiger partial charge in [-0.1, -0.05) is 12.6 Å². The van der Waals surface area contributed by atoms with Crippen molar-refractivity contribution in [2.24, 2.45) is 5.41 Å². The lowest BCUT2D eigenvalue weighted by Crippen LogP contribution is -2.59. The lowest BCUT2D eigenvalue weighted by molar-refractivity contribution is -0.136. The van der Waals surface area contributed by atoms with Gasteiger partial charge in [0.25, 0.3) is 0 Å². The zero-order valence-corrected chi connectivity index (χ0v) is 21.8. The van der Waals surface area contributed by atoms with E-state index in [1.165, 1.54) is 6.08 Å². The summed E-state index contributed by atoms with van der Waals surface area (Å²) in [4.78, 5) is 21.0. The van der Waals surface area contributed by atoms with E-state index >= 15 is 0 Å². The molecule has 3 aromatic rings. The Labute approximate surface area is 217 Å². The van der Waals surface area contributed by atoms with Gasteiger partial charge in [-0.2, -0.15) is 10.4 Å². The van der Waals surface area contributed by atoms with Gasteiger partial charge in [0.1, 0.15) is 6.07 Å². The molecule has 2 aromatic carbocycles. The Balaban J connectivity index is 1.43. The first kappa shape index (κ1) is 23.6. The van der Waals surface area contributed by atoms with Crippen molar-refractivity contribution in [3.8, 4) is 17.2 Å². The molecule has 1 spiro atoms. The Bertz CT molecular complexity index is 1440. The molecule has 3 aliphatic heterocycles. The van der Waals surface area contributed by atoms with E-state index in [9.17, 15) is 10.1 Å². The Kier molecular flexibility index (Phi) is 5.50. The number of H-pyrrole nitrogens is 1. The van der Waals surface area contributed by atoms with Crippen molar-refractivity contribution in [3.63, 3.8) is 0 Å². The van der Waals surface area contributed by atoms with Crippen molar-refractivity contribution in [2.75, 3.05) is 63.2 Å². The van der Waals surface area contributed by atoms with Crippen molar-refractivity contribution >= 4 is 28.2 Å². The van der Waals surface area contributed by atoms with E-state index in [1.54, 1.807) is 0 Å². The molecule has 0 aliphatic carbocycles. The van der Waals surface area contributed by atoms with Crippen LogP contribution < -0.4 is 9.80 Å². The van der Waals surface area contributed by atoms with Crippen LogP contribution in [-0.4, -0.2) is 85.3 Å². The standard InChI is InChI=1S/C29H33N7O/c1-5-27(37)36-17-29(18-36)8-9-34(16-29)26-11-20(35-14-21(15-35)33(3)4)10-22(23(26)12-30)28-19(2)6-7-25-24(28)13-31-32-25/h5-7,10-11,13,21H,1,8-9,14-18H2,2-4H3,(H,31,32). The lowest BCUT2D eigenvalue weighted by Gasteiger charge is -2.47. The quantitative estimate of drug-likeness (QED) is 0.547. The summed E-state index contributed by atoms with van der Waals surface area (Å²) in [7, 11) is 4.26. The van der Waals surface area contributed by atoms with Gasteiger partial charge >= 0.3 is 0 Å². The van der Waals surface area contributed by atoms with Gasteiger partial charge in [0.05, 0.1) is 23.0 Å². The van der Waals surface area contributed by atoms with E-state index < -0.39 is 0 Å². The van der Waals surface area contributed by atoms with Gasteiger partial charge in [-0.15, -0.1) is 0 Å². The molecular weight excluding hydrogens is 462 g/mol. The Morgan fingerprint density at radius 3 is 2.73 bits per heavy atom. The van der Waals surface area contributed by atoms with Crippen molar-refractivity contribution in [2.45, 2.75) is 19.4 Å². The number of aryl methyl sites for hydroxylation is 1. The highest BCUT2D eigenvalue weighted by atomic mass is 16.2. The molecule has 3 fully saturated rings. The number of aromatic amines is 1. The molecule has 190 valence electrons. The average molecular weight is 496 g/mol. The maximum atomic E-state index is 12.1. The number of hydrogen-bond acceptors (Lipinski definition) is 6. The molecule has 0 radical (unpaired) electrons. The maximum Gasteiger partial charge on any atom is 0.245 e. The number of aromatic nitrogens is 2. The van der Waals surface area contributed by atoms with E-state index in [0.29, 0.717) is 11.6 Å². The summed E-state index contributed by atoms with van der Waals surface area (Å²) in [6, 6.07) is 11.7. The third-order valence-corrected chi connectivity index (χ3v) is 8.59. The molecule has 1 aromatic heterocycles. The number of carbonyl (C=O) groups excluding carboxylic acids is 1. The summed E-state index contributed by atoms with van der Waals surface area (Å²) in [6.07, 6.45) is 4.28. The minimum absolute atomic E-state index is 0.00276. The number of carbonyl (C=O) groups is 1. The predicted octanol–water partition coefficient (Wildman–Crippen LogP) is 3.38. The molecule has 4 heterocycles. The Morgan fingerprint density at radius 2 is 2.03 bits per heavy atom. The molecule has 1 N–H and O–H groups in total. The fraction of sp³-hybridized carbons (Fsp3) is 0.414. The number of anilines is 2. The van der Waals surface area contributed by atoms with Gasteiger partial charge in [-0.25, -0.2) is 0 Å². The second-order valence-corrected chi connectivity index (χ2v) is 11.2. The van der Waals surface area contributed by atoms with E-state index in [-0.39, 0.29) is 11.3 Å². The van der Waals surface area contributed by atoms with Crippen LogP contribution in [0.25, 0.3) is 22.0 Å². The normalized spacial score (nSPS) is 18.8. The number of nitrogens with one attached hydrogen (secondary N) is 1. The highest BCUT2D eigenvalue weighted by Gasteiger charge is 2.49. The fourth-order valence-electron chi connectivity index (χ4n) is 6.28. The summed E-state index contributed by atoms with van der Waals surface area (Å²) in [5.41, 5.74) is 7.07. The topological polar surface area (TPSA) is 82.5 Å². The number of rotatable bonds is 5. The van der Waals surface area contributed by atoms with Crippen LogP contribution in [0, 0.1) is 23.7 Å². The van der Waals surface area contributed by atoms with Crippen LogP contribution in [0.2, 0.25) is 0 Å². The smallest absolute Gasteiger partial charge is 0.245 e. The molecule has 1 amide bonds. The van der Waals surface area contributed by atoms with Gasteiger partial charge in [-0.3, -0.25) is 9.89 Å². The van der Waals surface area contributed by atoms with Crippen LogP contribution in [0.1, 0.15) is 17.5 Å². The first-order valence-electron chi connectivity index (χ1n) is 12.9. The molecule has 8 nitrogen and oxygen atoms in total. The summed E-state index contributed by atoms with van der Waals surface area (Å²) >= 11 is 0. The molecule has 37 heavy (non-hydrogen) atoms. The summed E-state index contributed by atoms with van der Waals surface area (Å²) in [6.45, 7) is 10.9. The number of likely N-dealkylation sites (N-methyl/N-ethyl adjacent to an activating group) is 1. The Morgan fingerprint density at radius 1 is 1.24 bits per heavy atom. The summed E-state index contributed by atoms with van der Waals surface area (Å²) < 4.78 is 0. The van der Waals surface area contributed by atoms with Crippen LogP contribution in [0.15, 0.2) is 43.1 Å². The predicted molar refractivity (Wildman–Crippen MR) is 147 cm³/mol. The summed E-state index contributed by atoms with van der Waals surface area (Å²) in [5, 5.41) is 18.9. The first-order chi connectivity index (χ1) is 17.8. The molecule has 8 heteroatoms. The van der Waals surface area contributed by atoms with Crippen LogP contribution in [0.5, 0.6) is 0 Å². The van der Waals surface area contributed by atoms with E-state index in [2.05, 4.69) is 76.8 Å². The van der Waals surface area contributed by atoms with Crippen LogP contribution >= 0.6 is 0 Å².